The maximum Gasteiger partial charge on any atom is 0.135 e. The predicted molar refractivity (Wildman–Crippen MR) is 90.2 cm³/mol. The summed E-state index contributed by atoms with van der Waals surface area (Å²) in [5.74, 6) is 0. The van der Waals surface area contributed by atoms with Crippen LogP contribution in [0.3, 0.4) is 0 Å². The Balaban J connectivity index is 2.12. The molecule has 108 valence electrons. The van der Waals surface area contributed by atoms with Gasteiger partial charge in [-0.25, -0.2) is 4.98 Å². The summed E-state index contributed by atoms with van der Waals surface area (Å²) >= 11 is 1.57. The maximum absolute atomic E-state index is 9.00. The van der Waals surface area contributed by atoms with Gasteiger partial charge in [0.05, 0.1) is 24.2 Å². The minimum absolute atomic E-state index is 0.0525. The van der Waals surface area contributed by atoms with Gasteiger partial charge in [-0.05, 0) is 37.1 Å². The minimum atomic E-state index is 0.0525. The zero-order valence-electron chi connectivity index (χ0n) is 12.2. The average molecular weight is 298 g/mol. The molecule has 0 amide bonds. The molecular weight excluding hydrogens is 280 g/mol. The van der Waals surface area contributed by atoms with Crippen molar-refractivity contribution in [1.29, 1.82) is 0 Å². The van der Waals surface area contributed by atoms with Crippen molar-refractivity contribution in [2.24, 2.45) is 4.99 Å². The Hall–Kier alpha value is -2.04. The molecule has 0 saturated carbocycles. The van der Waals surface area contributed by atoms with Crippen LogP contribution >= 0.6 is 11.3 Å². The van der Waals surface area contributed by atoms with Gasteiger partial charge in [-0.1, -0.05) is 30.4 Å². The van der Waals surface area contributed by atoms with E-state index in [0.29, 0.717) is 0 Å². The third-order valence-electron chi connectivity index (χ3n) is 2.92. The van der Waals surface area contributed by atoms with Crippen LogP contribution < -0.4 is 0 Å². The van der Waals surface area contributed by atoms with Crippen LogP contribution in [0.5, 0.6) is 0 Å². The van der Waals surface area contributed by atoms with Crippen LogP contribution in [0.1, 0.15) is 30.1 Å². The molecule has 0 aliphatic rings. The molecule has 0 saturated heterocycles. The van der Waals surface area contributed by atoms with E-state index in [1.54, 1.807) is 17.6 Å². The fourth-order valence-corrected chi connectivity index (χ4v) is 2.49. The van der Waals surface area contributed by atoms with Gasteiger partial charge in [0.25, 0.3) is 0 Å². The third-order valence-corrected chi connectivity index (χ3v) is 3.70. The maximum atomic E-state index is 9.00. The molecule has 21 heavy (non-hydrogen) atoms. The number of hydrogen-bond donors (Lipinski definition) is 1. The number of aromatic nitrogens is 1. The van der Waals surface area contributed by atoms with Crippen molar-refractivity contribution >= 4 is 28.8 Å². The van der Waals surface area contributed by atoms with Crippen molar-refractivity contribution in [3.8, 4) is 0 Å². The summed E-state index contributed by atoms with van der Waals surface area (Å²) in [7, 11) is 0. The lowest BCUT2D eigenvalue weighted by Gasteiger charge is -1.96. The first-order valence-corrected chi connectivity index (χ1v) is 7.63. The first kappa shape index (κ1) is 15.4. The van der Waals surface area contributed by atoms with Crippen molar-refractivity contribution in [1.82, 2.24) is 4.98 Å². The number of aliphatic imine (C=N–C) groups is 1. The largest absolute Gasteiger partial charge is 0.392 e. The van der Waals surface area contributed by atoms with Crippen LogP contribution in [0, 0.1) is 0 Å². The Bertz CT molecular complexity index is 666. The molecule has 2 aromatic rings. The summed E-state index contributed by atoms with van der Waals surface area (Å²) in [4.78, 5) is 8.96. The molecule has 1 aromatic heterocycles. The Labute approximate surface area is 129 Å². The number of thiazole rings is 1. The summed E-state index contributed by atoms with van der Waals surface area (Å²) in [5.41, 5.74) is 3.82. The number of aliphatic hydroxyl groups is 1. The second-order valence-corrected chi connectivity index (χ2v) is 5.29. The van der Waals surface area contributed by atoms with Gasteiger partial charge in [0.2, 0.25) is 0 Å². The normalized spacial score (nSPS) is 12.6. The molecule has 0 spiro atoms. The molecule has 0 atom stereocenters. The molecule has 0 fully saturated rings. The first-order chi connectivity index (χ1) is 10.3. The quantitative estimate of drug-likeness (QED) is 0.658. The molecule has 0 aliphatic heterocycles. The smallest absolute Gasteiger partial charge is 0.135 e. The highest BCUT2D eigenvalue weighted by Gasteiger charge is 2.02. The van der Waals surface area contributed by atoms with E-state index in [2.05, 4.69) is 9.98 Å². The topological polar surface area (TPSA) is 45.5 Å². The number of rotatable bonds is 5. The van der Waals surface area contributed by atoms with Crippen LogP contribution in [0.2, 0.25) is 0 Å². The minimum Gasteiger partial charge on any atom is -0.392 e. The summed E-state index contributed by atoms with van der Waals surface area (Å²) in [6.45, 7) is 4.05. The van der Waals surface area contributed by atoms with Gasteiger partial charge in [-0.3, -0.25) is 4.99 Å². The van der Waals surface area contributed by atoms with Gasteiger partial charge in [-0.2, -0.15) is 0 Å². The summed E-state index contributed by atoms with van der Waals surface area (Å²) < 4.78 is 0. The van der Waals surface area contributed by atoms with Crippen molar-refractivity contribution in [3.05, 3.63) is 64.1 Å². The molecule has 0 unspecified atom stereocenters. The number of allylic oxidation sites excluding steroid dienone is 4. The Morgan fingerprint density at radius 3 is 2.67 bits per heavy atom. The van der Waals surface area contributed by atoms with E-state index in [9.17, 15) is 0 Å². The highest BCUT2D eigenvalue weighted by Crippen LogP contribution is 2.19. The van der Waals surface area contributed by atoms with Crippen LogP contribution in [0.25, 0.3) is 5.57 Å². The lowest BCUT2D eigenvalue weighted by atomic mass is 10.2. The van der Waals surface area contributed by atoms with Gasteiger partial charge >= 0.3 is 0 Å². The zero-order valence-corrected chi connectivity index (χ0v) is 13.0. The summed E-state index contributed by atoms with van der Waals surface area (Å²) in [6, 6.07) is 7.50. The van der Waals surface area contributed by atoms with Crippen LogP contribution in [-0.2, 0) is 6.61 Å². The standard InChI is InChI=1S/C17H18N2OS/c1-3-5-14(4-2)16-12-21-17(19-16)10-18-15-8-6-13(11-20)7-9-15/h3-10,12,20H,11H2,1-2H3/b5-3-,14-4+,18-10?. The van der Waals surface area contributed by atoms with E-state index in [0.717, 1.165) is 27.5 Å². The molecule has 1 N–H and O–H groups in total. The van der Waals surface area contributed by atoms with E-state index in [1.807, 2.05) is 61.7 Å². The second-order valence-electron chi connectivity index (χ2n) is 4.40. The molecule has 2 rings (SSSR count). The Morgan fingerprint density at radius 2 is 2.05 bits per heavy atom. The average Bonchev–Trinajstić information content (AvgIpc) is 3.00. The van der Waals surface area contributed by atoms with Crippen molar-refractivity contribution in [2.75, 3.05) is 0 Å². The second kappa shape index (κ2) is 7.67. The Morgan fingerprint density at radius 1 is 1.29 bits per heavy atom. The number of hydrogen-bond acceptors (Lipinski definition) is 4. The molecular formula is C17H18N2OS. The highest BCUT2D eigenvalue weighted by molar-refractivity contribution is 7.11. The molecule has 4 heteroatoms. The Kier molecular flexibility index (Phi) is 5.60. The highest BCUT2D eigenvalue weighted by atomic mass is 32.1. The zero-order chi connectivity index (χ0) is 15.1. The summed E-state index contributed by atoms with van der Waals surface area (Å²) in [5, 5.41) is 11.9. The SMILES string of the molecule is C/C=C\C(=C/C)c1csc(C=Nc2ccc(CO)cc2)n1. The van der Waals surface area contributed by atoms with Gasteiger partial charge in [0.15, 0.2) is 0 Å². The van der Waals surface area contributed by atoms with Crippen molar-refractivity contribution in [3.63, 3.8) is 0 Å². The fourth-order valence-electron chi connectivity index (χ4n) is 1.81. The lowest BCUT2D eigenvalue weighted by Crippen LogP contribution is -1.84. The van der Waals surface area contributed by atoms with Gasteiger partial charge in [0.1, 0.15) is 5.01 Å². The predicted octanol–water partition coefficient (Wildman–Crippen LogP) is 4.37. The fraction of sp³-hybridized carbons (Fsp3) is 0.176. The number of nitrogens with zero attached hydrogens (tertiary/aromatic N) is 2. The van der Waals surface area contributed by atoms with Gasteiger partial charge < -0.3 is 5.11 Å². The number of benzene rings is 1. The van der Waals surface area contributed by atoms with E-state index in [-0.39, 0.29) is 6.61 Å². The van der Waals surface area contributed by atoms with E-state index in [1.165, 1.54) is 0 Å². The van der Waals surface area contributed by atoms with Gasteiger partial charge in [-0.15, -0.1) is 11.3 Å². The van der Waals surface area contributed by atoms with E-state index < -0.39 is 0 Å². The monoisotopic (exact) mass is 298 g/mol. The van der Waals surface area contributed by atoms with Crippen LogP contribution in [0.4, 0.5) is 5.69 Å². The van der Waals surface area contributed by atoms with E-state index in [4.69, 9.17) is 5.11 Å². The lowest BCUT2D eigenvalue weighted by molar-refractivity contribution is 0.282. The summed E-state index contributed by atoms with van der Waals surface area (Å²) in [6.07, 6.45) is 7.86. The molecule has 0 radical (unpaired) electrons. The molecule has 0 aliphatic carbocycles. The number of aliphatic hydroxyl groups excluding tert-OH is 1. The molecule has 1 aromatic carbocycles. The first-order valence-electron chi connectivity index (χ1n) is 6.75. The van der Waals surface area contributed by atoms with Crippen LogP contribution in [-0.4, -0.2) is 16.3 Å². The van der Waals surface area contributed by atoms with Crippen LogP contribution in [0.15, 0.2) is 52.9 Å². The molecule has 1 heterocycles. The molecule has 0 bridgehead atoms. The van der Waals surface area contributed by atoms with E-state index >= 15 is 0 Å². The van der Waals surface area contributed by atoms with Gasteiger partial charge in [0, 0.05) is 5.38 Å². The molecule has 3 nitrogen and oxygen atoms in total. The van der Waals surface area contributed by atoms with Crippen molar-refractivity contribution in [2.45, 2.75) is 20.5 Å². The third kappa shape index (κ3) is 4.21. The van der Waals surface area contributed by atoms with Crippen molar-refractivity contribution < 1.29 is 5.11 Å².